The van der Waals surface area contributed by atoms with Gasteiger partial charge in [0, 0.05) is 20.6 Å². The van der Waals surface area contributed by atoms with Gasteiger partial charge in [-0.3, -0.25) is 4.79 Å². The van der Waals surface area contributed by atoms with Gasteiger partial charge in [-0.25, -0.2) is 0 Å². The molecule has 0 bridgehead atoms. The van der Waals surface area contributed by atoms with E-state index in [4.69, 9.17) is 14.7 Å². The van der Waals surface area contributed by atoms with Gasteiger partial charge in [0.15, 0.2) is 0 Å². The molecule has 1 aliphatic carbocycles. The van der Waals surface area contributed by atoms with Crippen LogP contribution in [0.1, 0.15) is 19.3 Å². The lowest BCUT2D eigenvalue weighted by Crippen LogP contribution is -2.29. The van der Waals surface area contributed by atoms with Gasteiger partial charge < -0.3 is 9.47 Å². The van der Waals surface area contributed by atoms with Gasteiger partial charge in [-0.15, -0.1) is 0 Å². The molecule has 1 fully saturated rings. The van der Waals surface area contributed by atoms with Crippen molar-refractivity contribution >= 4 is 5.78 Å². The van der Waals surface area contributed by atoms with Crippen molar-refractivity contribution in [1.29, 1.82) is 5.26 Å². The highest BCUT2D eigenvalue weighted by molar-refractivity contribution is 5.83. The monoisotopic (exact) mass is 197 g/mol. The summed E-state index contributed by atoms with van der Waals surface area (Å²) in [5.41, 5.74) is 0. The number of methoxy groups -OCH3 is 2. The van der Waals surface area contributed by atoms with E-state index in [1.165, 1.54) is 0 Å². The molecule has 0 amide bonds. The van der Waals surface area contributed by atoms with Crippen LogP contribution in [0, 0.1) is 17.2 Å². The number of carbonyl (C=O) groups excluding carboxylic acids is 1. The Morgan fingerprint density at radius 2 is 2.00 bits per heavy atom. The first-order valence-corrected chi connectivity index (χ1v) is 4.70. The molecule has 0 aromatic heterocycles. The Balaban J connectivity index is 2.73. The van der Waals surface area contributed by atoms with Crippen LogP contribution in [0.4, 0.5) is 0 Å². The molecule has 0 aliphatic heterocycles. The van der Waals surface area contributed by atoms with Crippen LogP contribution in [0.2, 0.25) is 0 Å². The fourth-order valence-electron chi connectivity index (χ4n) is 1.80. The lowest BCUT2D eigenvalue weighted by Gasteiger charge is -2.22. The minimum Gasteiger partial charge on any atom is -0.379 e. The maximum absolute atomic E-state index is 11.4. The Bertz CT molecular complexity index is 246. The molecule has 0 radical (unpaired) electrons. The van der Waals surface area contributed by atoms with E-state index >= 15 is 0 Å². The largest absolute Gasteiger partial charge is 0.379 e. The second-order valence-corrected chi connectivity index (χ2v) is 3.47. The fourth-order valence-corrected chi connectivity index (χ4v) is 1.80. The number of carbonyl (C=O) groups is 1. The number of ether oxygens (including phenoxy) is 2. The smallest absolute Gasteiger partial charge is 0.150 e. The Morgan fingerprint density at radius 3 is 2.50 bits per heavy atom. The Hall–Kier alpha value is -0.920. The van der Waals surface area contributed by atoms with E-state index < -0.39 is 5.92 Å². The van der Waals surface area contributed by atoms with Crippen molar-refractivity contribution < 1.29 is 14.3 Å². The van der Waals surface area contributed by atoms with Crippen LogP contribution in [-0.2, 0) is 14.3 Å². The summed E-state index contributed by atoms with van der Waals surface area (Å²) in [7, 11) is 3.19. The van der Waals surface area contributed by atoms with E-state index in [0.29, 0.717) is 19.3 Å². The fraction of sp³-hybridized carbons (Fsp3) is 0.800. The second kappa shape index (κ2) is 5.08. The Morgan fingerprint density at radius 1 is 1.36 bits per heavy atom. The van der Waals surface area contributed by atoms with Crippen molar-refractivity contribution in [3.63, 3.8) is 0 Å². The van der Waals surface area contributed by atoms with Crippen molar-refractivity contribution in [2.45, 2.75) is 31.5 Å². The van der Waals surface area contributed by atoms with Crippen LogP contribution < -0.4 is 0 Å². The molecule has 14 heavy (non-hydrogen) atoms. The van der Waals surface area contributed by atoms with E-state index in [0.717, 1.165) is 0 Å². The molecule has 0 N–H and O–H groups in total. The molecular weight excluding hydrogens is 182 g/mol. The summed E-state index contributed by atoms with van der Waals surface area (Å²) >= 11 is 0. The van der Waals surface area contributed by atoms with E-state index in [1.54, 1.807) is 14.2 Å². The number of hydrogen-bond donors (Lipinski definition) is 0. The third-order valence-corrected chi connectivity index (χ3v) is 2.71. The minimum atomic E-state index is -0.528. The third-order valence-electron chi connectivity index (χ3n) is 2.71. The van der Waals surface area contributed by atoms with Gasteiger partial charge in [-0.2, -0.15) is 5.26 Å². The molecule has 4 heteroatoms. The van der Waals surface area contributed by atoms with Crippen LogP contribution in [0.3, 0.4) is 0 Å². The zero-order chi connectivity index (χ0) is 10.6. The van der Waals surface area contributed by atoms with Crippen molar-refractivity contribution in [3.8, 4) is 6.07 Å². The number of hydrogen-bond acceptors (Lipinski definition) is 4. The summed E-state index contributed by atoms with van der Waals surface area (Å²) in [6.45, 7) is 0. The zero-order valence-electron chi connectivity index (χ0n) is 8.53. The highest BCUT2D eigenvalue weighted by Gasteiger charge is 2.32. The van der Waals surface area contributed by atoms with E-state index in [-0.39, 0.29) is 18.0 Å². The average Bonchev–Trinajstić information content (AvgIpc) is 2.37. The molecule has 1 rings (SSSR count). The molecule has 3 atom stereocenters. The van der Waals surface area contributed by atoms with Crippen molar-refractivity contribution in [2.24, 2.45) is 5.92 Å². The van der Waals surface area contributed by atoms with Gasteiger partial charge in [-0.1, -0.05) is 0 Å². The highest BCUT2D eigenvalue weighted by atomic mass is 16.5. The van der Waals surface area contributed by atoms with Crippen LogP contribution in [-0.4, -0.2) is 32.2 Å². The lowest BCUT2D eigenvalue weighted by molar-refractivity contribution is -0.121. The molecule has 0 heterocycles. The maximum Gasteiger partial charge on any atom is 0.150 e. The van der Waals surface area contributed by atoms with E-state index in [1.807, 2.05) is 6.07 Å². The number of nitrogens with zero attached hydrogens (tertiary/aromatic N) is 1. The summed E-state index contributed by atoms with van der Waals surface area (Å²) in [5, 5.41) is 8.79. The number of Topliss-reactive ketones (excluding diaryl/α,β-unsaturated/α-hetero) is 1. The zero-order valence-corrected chi connectivity index (χ0v) is 8.53. The van der Waals surface area contributed by atoms with Crippen LogP contribution in [0.15, 0.2) is 0 Å². The lowest BCUT2D eigenvalue weighted by atomic mass is 9.99. The molecule has 4 nitrogen and oxygen atoms in total. The molecule has 0 saturated heterocycles. The topological polar surface area (TPSA) is 59.3 Å². The number of rotatable bonds is 2. The Kier molecular flexibility index (Phi) is 4.05. The maximum atomic E-state index is 11.4. The molecular formula is C10H15NO3. The number of ketones is 1. The molecule has 1 saturated carbocycles. The van der Waals surface area contributed by atoms with Crippen molar-refractivity contribution in [2.75, 3.05) is 14.2 Å². The van der Waals surface area contributed by atoms with Crippen LogP contribution in [0.5, 0.6) is 0 Å². The molecule has 3 unspecified atom stereocenters. The van der Waals surface area contributed by atoms with Crippen molar-refractivity contribution in [3.05, 3.63) is 0 Å². The van der Waals surface area contributed by atoms with Gasteiger partial charge in [0.1, 0.15) is 11.7 Å². The first-order chi connectivity index (χ1) is 6.72. The molecule has 1 aliphatic rings. The standard InChI is InChI=1S/C10H15NO3/c1-13-9-4-3-8(12)7(6-11)5-10(9)14-2/h7,9-10H,3-5H2,1-2H3. The van der Waals surface area contributed by atoms with E-state index in [9.17, 15) is 4.79 Å². The summed E-state index contributed by atoms with van der Waals surface area (Å²) < 4.78 is 10.5. The second-order valence-electron chi connectivity index (χ2n) is 3.47. The van der Waals surface area contributed by atoms with Crippen molar-refractivity contribution in [1.82, 2.24) is 0 Å². The number of nitriles is 1. The summed E-state index contributed by atoms with van der Waals surface area (Å²) in [4.78, 5) is 11.4. The SMILES string of the molecule is COC1CCC(=O)C(C#N)CC1OC. The normalized spacial score (nSPS) is 33.5. The molecule has 0 spiro atoms. The predicted molar refractivity (Wildman–Crippen MR) is 49.6 cm³/mol. The van der Waals surface area contributed by atoms with Crippen LogP contribution in [0.25, 0.3) is 0 Å². The average molecular weight is 197 g/mol. The van der Waals surface area contributed by atoms with Gasteiger partial charge in [0.25, 0.3) is 0 Å². The van der Waals surface area contributed by atoms with Gasteiger partial charge in [0.05, 0.1) is 18.3 Å². The summed E-state index contributed by atoms with van der Waals surface area (Å²) in [6, 6.07) is 2.02. The molecule has 0 aromatic carbocycles. The van der Waals surface area contributed by atoms with Gasteiger partial charge in [0.2, 0.25) is 0 Å². The minimum absolute atomic E-state index is 0.00843. The molecule has 78 valence electrons. The van der Waals surface area contributed by atoms with Crippen LogP contribution >= 0.6 is 0 Å². The van der Waals surface area contributed by atoms with Gasteiger partial charge in [-0.05, 0) is 12.8 Å². The third kappa shape index (κ3) is 2.31. The quantitative estimate of drug-likeness (QED) is 0.617. The van der Waals surface area contributed by atoms with E-state index in [2.05, 4.69) is 0 Å². The highest BCUT2D eigenvalue weighted by Crippen LogP contribution is 2.24. The Labute approximate surface area is 83.8 Å². The summed E-state index contributed by atoms with van der Waals surface area (Å²) in [5.74, 6) is -0.519. The predicted octanol–water partition coefficient (Wildman–Crippen LogP) is 0.909. The molecule has 0 aromatic rings. The summed E-state index contributed by atoms with van der Waals surface area (Å²) in [6.07, 6.45) is 1.30. The first kappa shape index (κ1) is 11.2. The first-order valence-electron chi connectivity index (χ1n) is 4.70. The van der Waals surface area contributed by atoms with Gasteiger partial charge >= 0.3 is 0 Å².